The summed E-state index contributed by atoms with van der Waals surface area (Å²) in [6, 6.07) is 7.43. The Morgan fingerprint density at radius 1 is 1.34 bits per heavy atom. The highest BCUT2D eigenvalue weighted by Crippen LogP contribution is 2.33. The highest BCUT2D eigenvalue weighted by molar-refractivity contribution is 5.98. The minimum Gasteiger partial charge on any atom is -0.447 e. The number of nitrogens with zero attached hydrogens (tertiary/aromatic N) is 4. The number of anilines is 2. The van der Waals surface area contributed by atoms with E-state index < -0.39 is 29.3 Å². The monoisotopic (exact) mass is 441 g/mol. The molecule has 2 aromatic rings. The molecule has 1 aromatic heterocycles. The molecule has 1 aliphatic heterocycles. The molecule has 0 bridgehead atoms. The molecule has 1 saturated heterocycles. The van der Waals surface area contributed by atoms with Gasteiger partial charge >= 0.3 is 6.09 Å². The lowest BCUT2D eigenvalue weighted by Gasteiger charge is -2.35. The summed E-state index contributed by atoms with van der Waals surface area (Å²) in [6.07, 6.45) is 3.11. The van der Waals surface area contributed by atoms with Gasteiger partial charge in [-0.15, -0.1) is 0 Å². The molecule has 0 unspecified atom stereocenters. The fourth-order valence-corrected chi connectivity index (χ4v) is 3.65. The number of rotatable bonds is 6. The quantitative estimate of drug-likeness (QED) is 0.619. The van der Waals surface area contributed by atoms with Crippen molar-refractivity contribution in [3.8, 4) is 6.07 Å². The van der Waals surface area contributed by atoms with E-state index in [2.05, 4.69) is 16.5 Å². The Labute approximate surface area is 183 Å². The van der Waals surface area contributed by atoms with Gasteiger partial charge in [-0.25, -0.2) is 9.18 Å². The summed E-state index contributed by atoms with van der Waals surface area (Å²) in [4.78, 5) is 25.8. The van der Waals surface area contributed by atoms with Crippen LogP contribution in [0.25, 0.3) is 0 Å². The van der Waals surface area contributed by atoms with Crippen LogP contribution in [0.2, 0.25) is 0 Å². The number of carbonyl (C=O) groups excluding carboxylic acids is 2. The maximum atomic E-state index is 13.2. The highest BCUT2D eigenvalue weighted by atomic mass is 19.1. The number of amides is 2. The van der Waals surface area contributed by atoms with Gasteiger partial charge < -0.3 is 26.4 Å². The minimum atomic E-state index is -0.689. The maximum absolute atomic E-state index is 13.2. The molecule has 32 heavy (non-hydrogen) atoms. The molecule has 2 atom stereocenters. The van der Waals surface area contributed by atoms with E-state index >= 15 is 0 Å². The predicted octanol–water partition coefficient (Wildman–Crippen LogP) is 1.88. The number of aromatic nitrogens is 2. The van der Waals surface area contributed by atoms with Gasteiger partial charge in [0.25, 0.3) is 5.91 Å². The number of nitrogens with two attached hydrogens (primary N) is 2. The van der Waals surface area contributed by atoms with Gasteiger partial charge in [0.1, 0.15) is 18.0 Å². The van der Waals surface area contributed by atoms with Gasteiger partial charge in [0.05, 0.1) is 23.6 Å². The fourth-order valence-electron chi connectivity index (χ4n) is 3.65. The number of nitriles is 1. The normalized spacial score (nSPS) is 21.5. The molecule has 10 nitrogen and oxygen atoms in total. The van der Waals surface area contributed by atoms with Crippen molar-refractivity contribution in [1.29, 1.82) is 5.26 Å². The Bertz CT molecular complexity index is 1060. The zero-order chi connectivity index (χ0) is 22.9. The van der Waals surface area contributed by atoms with Crippen LogP contribution in [0.4, 0.5) is 20.7 Å². The van der Waals surface area contributed by atoms with E-state index in [1.807, 2.05) is 0 Å². The standard InChI is InChI=1S/C21H24FN7O3/c22-14-1-3-15(4-2-14)26-19-16(18(24)30)11-29(27-19)17-5-8-28(10-13(17)9-23)20(31)32-12-21(25)6-7-21/h1-4,11,13,17H,5-8,10,12,25H2,(H2,24,30)(H,26,27)/t13-,17-/m0/s1. The van der Waals surface area contributed by atoms with Crippen molar-refractivity contribution in [2.75, 3.05) is 25.0 Å². The average molecular weight is 441 g/mol. The third-order valence-corrected chi connectivity index (χ3v) is 5.82. The Morgan fingerprint density at radius 3 is 2.69 bits per heavy atom. The first-order valence-electron chi connectivity index (χ1n) is 10.3. The maximum Gasteiger partial charge on any atom is 0.409 e. The lowest BCUT2D eigenvalue weighted by molar-refractivity contribution is 0.0720. The second kappa shape index (κ2) is 8.47. The van der Waals surface area contributed by atoms with E-state index in [9.17, 15) is 19.2 Å². The molecule has 2 amide bonds. The number of carbonyl (C=O) groups is 2. The molecule has 168 valence electrons. The molecule has 2 aliphatic rings. The molecule has 1 aliphatic carbocycles. The number of primary amides is 1. The lowest BCUT2D eigenvalue weighted by Crippen LogP contribution is -2.45. The zero-order valence-corrected chi connectivity index (χ0v) is 17.3. The summed E-state index contributed by atoms with van der Waals surface area (Å²) in [5, 5.41) is 17.1. The smallest absolute Gasteiger partial charge is 0.409 e. The summed E-state index contributed by atoms with van der Waals surface area (Å²) < 4.78 is 20.0. The van der Waals surface area contributed by atoms with Crippen LogP contribution < -0.4 is 16.8 Å². The third-order valence-electron chi connectivity index (χ3n) is 5.82. The second-order valence-corrected chi connectivity index (χ2v) is 8.32. The third kappa shape index (κ3) is 4.65. The van der Waals surface area contributed by atoms with Gasteiger partial charge in [0, 0.05) is 25.0 Å². The molecule has 2 heterocycles. The number of nitrogens with one attached hydrogen (secondary N) is 1. The van der Waals surface area contributed by atoms with Gasteiger partial charge in [-0.3, -0.25) is 9.48 Å². The van der Waals surface area contributed by atoms with E-state index in [1.54, 1.807) is 0 Å². The van der Waals surface area contributed by atoms with Gasteiger partial charge in [-0.05, 0) is 43.5 Å². The number of halogens is 1. The van der Waals surface area contributed by atoms with Crippen molar-refractivity contribution < 1.29 is 18.7 Å². The van der Waals surface area contributed by atoms with E-state index in [1.165, 1.54) is 40.0 Å². The molecule has 11 heteroatoms. The van der Waals surface area contributed by atoms with Crippen molar-refractivity contribution in [2.24, 2.45) is 17.4 Å². The minimum absolute atomic E-state index is 0.144. The van der Waals surface area contributed by atoms with Crippen LogP contribution in [0.1, 0.15) is 35.7 Å². The number of benzene rings is 1. The summed E-state index contributed by atoms with van der Waals surface area (Å²) >= 11 is 0. The SMILES string of the molecule is N#C[C@H]1CN(C(=O)OCC2(N)CC2)CC[C@@H]1n1cc(C(N)=O)c(Nc2ccc(F)cc2)n1. The van der Waals surface area contributed by atoms with Gasteiger partial charge in [0.15, 0.2) is 5.82 Å². The molecule has 1 aromatic carbocycles. The topological polar surface area (TPSA) is 152 Å². The second-order valence-electron chi connectivity index (χ2n) is 8.32. The summed E-state index contributed by atoms with van der Waals surface area (Å²) in [7, 11) is 0. The van der Waals surface area contributed by atoms with E-state index in [0.717, 1.165) is 12.8 Å². The van der Waals surface area contributed by atoms with Crippen LogP contribution >= 0.6 is 0 Å². The summed E-state index contributed by atoms with van der Waals surface area (Å²) in [6.45, 7) is 0.707. The van der Waals surface area contributed by atoms with Crippen LogP contribution in [-0.4, -0.2) is 51.9 Å². The van der Waals surface area contributed by atoms with Crippen molar-refractivity contribution in [1.82, 2.24) is 14.7 Å². The molecule has 1 saturated carbocycles. The van der Waals surface area contributed by atoms with E-state index in [0.29, 0.717) is 18.7 Å². The van der Waals surface area contributed by atoms with E-state index in [4.69, 9.17) is 16.2 Å². The number of hydrogen-bond donors (Lipinski definition) is 3. The van der Waals surface area contributed by atoms with Crippen LogP contribution in [-0.2, 0) is 4.74 Å². The number of hydrogen-bond acceptors (Lipinski definition) is 7. The first-order valence-corrected chi connectivity index (χ1v) is 10.3. The molecular formula is C21H24FN7O3. The van der Waals surface area contributed by atoms with Crippen molar-refractivity contribution in [2.45, 2.75) is 30.8 Å². The number of piperidine rings is 1. The van der Waals surface area contributed by atoms with Crippen molar-refractivity contribution in [3.05, 3.63) is 41.8 Å². The summed E-state index contributed by atoms with van der Waals surface area (Å²) in [5.41, 5.74) is 11.7. The summed E-state index contributed by atoms with van der Waals surface area (Å²) in [5.74, 6) is -1.44. The first-order chi connectivity index (χ1) is 15.3. The predicted molar refractivity (Wildman–Crippen MR) is 112 cm³/mol. The number of likely N-dealkylation sites (tertiary alicyclic amines) is 1. The van der Waals surface area contributed by atoms with Gasteiger partial charge in [-0.2, -0.15) is 10.4 Å². The molecule has 0 spiro atoms. The Balaban J connectivity index is 1.47. The Kier molecular flexibility index (Phi) is 5.71. The van der Waals surface area contributed by atoms with Crippen LogP contribution in [0.3, 0.4) is 0 Å². The fraction of sp³-hybridized carbons (Fsp3) is 0.429. The lowest BCUT2D eigenvalue weighted by atomic mass is 9.94. The van der Waals surface area contributed by atoms with Crippen molar-refractivity contribution >= 4 is 23.5 Å². The molecule has 2 fully saturated rings. The largest absolute Gasteiger partial charge is 0.447 e. The highest BCUT2D eigenvalue weighted by Gasteiger charge is 2.41. The van der Waals surface area contributed by atoms with Crippen molar-refractivity contribution in [3.63, 3.8) is 0 Å². The van der Waals surface area contributed by atoms with Gasteiger partial charge in [0.2, 0.25) is 0 Å². The Hall–Kier alpha value is -3.65. The zero-order valence-electron chi connectivity index (χ0n) is 17.3. The molecular weight excluding hydrogens is 417 g/mol. The van der Waals surface area contributed by atoms with Crippen LogP contribution in [0, 0.1) is 23.1 Å². The molecule has 5 N–H and O–H groups in total. The van der Waals surface area contributed by atoms with Crippen LogP contribution in [0.15, 0.2) is 30.5 Å². The van der Waals surface area contributed by atoms with E-state index in [-0.39, 0.29) is 30.6 Å². The molecule has 0 radical (unpaired) electrons. The number of ether oxygens (including phenoxy) is 1. The van der Waals surface area contributed by atoms with Crippen LogP contribution in [0.5, 0.6) is 0 Å². The first kappa shape index (κ1) is 21.6. The Morgan fingerprint density at radius 2 is 2.06 bits per heavy atom. The van der Waals surface area contributed by atoms with Gasteiger partial charge in [-0.1, -0.05) is 0 Å². The molecule has 4 rings (SSSR count). The average Bonchev–Trinajstić information content (AvgIpc) is 3.37.